The van der Waals surface area contributed by atoms with Gasteiger partial charge in [-0.2, -0.15) is 0 Å². The van der Waals surface area contributed by atoms with E-state index in [1.54, 1.807) is 57.0 Å². The van der Waals surface area contributed by atoms with Crippen LogP contribution in [0.15, 0.2) is 71.6 Å². The molecular formula is C34H42ClF2N3O6S. The zero-order valence-electron chi connectivity index (χ0n) is 27.1. The van der Waals surface area contributed by atoms with E-state index in [0.29, 0.717) is 48.7 Å². The average Bonchev–Trinajstić information content (AvgIpc) is 3.00. The van der Waals surface area contributed by atoms with Crippen LogP contribution in [0.4, 0.5) is 19.3 Å². The zero-order valence-corrected chi connectivity index (χ0v) is 28.7. The Bertz CT molecular complexity index is 1600. The fourth-order valence-corrected chi connectivity index (χ4v) is 6.09. The van der Waals surface area contributed by atoms with Gasteiger partial charge >= 0.3 is 6.09 Å². The maximum atomic E-state index is 15.0. The Morgan fingerprint density at radius 1 is 0.936 bits per heavy atom. The number of rotatable bonds is 16. The molecule has 0 saturated carbocycles. The van der Waals surface area contributed by atoms with Gasteiger partial charge in [0, 0.05) is 43.2 Å². The summed E-state index contributed by atoms with van der Waals surface area (Å²) in [6.07, 6.45) is 2.61. The van der Waals surface area contributed by atoms with E-state index < -0.39 is 39.0 Å². The number of benzene rings is 3. The number of anilines is 1. The lowest BCUT2D eigenvalue weighted by molar-refractivity contribution is -0.130. The average molecular weight is 694 g/mol. The second-order valence-corrected chi connectivity index (χ2v) is 14.2. The van der Waals surface area contributed by atoms with E-state index in [2.05, 4.69) is 5.32 Å². The van der Waals surface area contributed by atoms with Crippen LogP contribution in [-0.2, 0) is 26.1 Å². The molecule has 47 heavy (non-hydrogen) atoms. The first-order chi connectivity index (χ1) is 22.2. The highest BCUT2D eigenvalue weighted by molar-refractivity contribution is 7.92. The van der Waals surface area contributed by atoms with Crippen LogP contribution < -0.4 is 14.4 Å². The molecule has 1 N–H and O–H groups in total. The van der Waals surface area contributed by atoms with Crippen molar-refractivity contribution in [3.8, 4) is 5.75 Å². The number of alkyl carbamates (subject to hydrolysis) is 1. The number of carbonyl (C=O) groups excluding carboxylic acids is 2. The van der Waals surface area contributed by atoms with Crippen LogP contribution in [0.2, 0.25) is 5.02 Å². The number of ether oxygens (including phenoxy) is 2. The van der Waals surface area contributed by atoms with Crippen LogP contribution in [0.3, 0.4) is 0 Å². The number of nitrogens with one attached hydrogen (secondary N) is 1. The molecule has 0 saturated heterocycles. The number of amides is 2. The summed E-state index contributed by atoms with van der Waals surface area (Å²) in [4.78, 5) is 25.7. The van der Waals surface area contributed by atoms with Gasteiger partial charge in [0.25, 0.3) is 10.0 Å². The molecule has 0 aromatic heterocycles. The van der Waals surface area contributed by atoms with Crippen molar-refractivity contribution in [2.45, 2.75) is 69.9 Å². The molecule has 256 valence electrons. The fourth-order valence-electron chi connectivity index (χ4n) is 4.52. The first-order valence-electron chi connectivity index (χ1n) is 15.3. The highest BCUT2D eigenvalue weighted by Crippen LogP contribution is 2.32. The molecule has 0 fully saturated rings. The first kappa shape index (κ1) is 37.6. The van der Waals surface area contributed by atoms with Crippen molar-refractivity contribution in [2.75, 3.05) is 31.0 Å². The topological polar surface area (TPSA) is 105 Å². The Balaban J connectivity index is 1.55. The predicted molar refractivity (Wildman–Crippen MR) is 178 cm³/mol. The third-order valence-electron chi connectivity index (χ3n) is 6.92. The van der Waals surface area contributed by atoms with Gasteiger partial charge in [0.05, 0.1) is 23.7 Å². The van der Waals surface area contributed by atoms with Crippen molar-refractivity contribution < 1.29 is 36.3 Å². The van der Waals surface area contributed by atoms with Crippen molar-refractivity contribution in [3.05, 3.63) is 89.0 Å². The molecule has 0 bridgehead atoms. The summed E-state index contributed by atoms with van der Waals surface area (Å²) in [5.74, 6) is -1.34. The lowest BCUT2D eigenvalue weighted by Gasteiger charge is -2.26. The minimum Gasteiger partial charge on any atom is -0.493 e. The van der Waals surface area contributed by atoms with Crippen molar-refractivity contribution in [3.63, 3.8) is 0 Å². The van der Waals surface area contributed by atoms with Crippen LogP contribution in [0.25, 0.3) is 0 Å². The highest BCUT2D eigenvalue weighted by atomic mass is 35.5. The number of unbranched alkanes of at least 4 members (excludes halogenated alkanes) is 2. The Morgan fingerprint density at radius 3 is 2.34 bits per heavy atom. The molecule has 9 nitrogen and oxygen atoms in total. The fraction of sp³-hybridized carbons (Fsp3) is 0.412. The minimum absolute atomic E-state index is 0.00864. The lowest BCUT2D eigenvalue weighted by Crippen LogP contribution is -2.33. The molecule has 0 aliphatic rings. The predicted octanol–water partition coefficient (Wildman–Crippen LogP) is 7.33. The number of halogens is 3. The van der Waals surface area contributed by atoms with E-state index in [1.807, 2.05) is 0 Å². The number of hydrogen-bond acceptors (Lipinski definition) is 6. The Labute approximate surface area is 280 Å². The summed E-state index contributed by atoms with van der Waals surface area (Å²) in [7, 11) is -2.63. The van der Waals surface area contributed by atoms with Crippen LogP contribution in [0, 0.1) is 11.6 Å². The number of hydrogen-bond donors (Lipinski definition) is 1. The number of carbonyl (C=O) groups is 2. The summed E-state index contributed by atoms with van der Waals surface area (Å²) in [6.45, 7) is 6.19. The van der Waals surface area contributed by atoms with E-state index in [4.69, 9.17) is 21.1 Å². The zero-order chi connectivity index (χ0) is 34.6. The lowest BCUT2D eigenvalue weighted by atomic mass is 10.2. The second-order valence-electron chi connectivity index (χ2n) is 11.9. The number of sulfonamides is 1. The van der Waals surface area contributed by atoms with E-state index in [1.165, 1.54) is 24.3 Å². The van der Waals surface area contributed by atoms with Crippen molar-refractivity contribution >= 4 is 39.3 Å². The smallest absolute Gasteiger partial charge is 0.407 e. The van der Waals surface area contributed by atoms with E-state index in [0.717, 1.165) is 35.3 Å². The monoisotopic (exact) mass is 693 g/mol. The molecule has 3 aromatic rings. The molecule has 2 amide bonds. The second kappa shape index (κ2) is 17.3. The van der Waals surface area contributed by atoms with Crippen molar-refractivity contribution in [1.82, 2.24) is 10.2 Å². The molecule has 3 aromatic carbocycles. The van der Waals surface area contributed by atoms with Crippen molar-refractivity contribution in [2.24, 2.45) is 0 Å². The van der Waals surface area contributed by atoms with Gasteiger partial charge in [-0.1, -0.05) is 36.2 Å². The summed E-state index contributed by atoms with van der Waals surface area (Å²) in [5.41, 5.74) is -0.572. The van der Waals surface area contributed by atoms with Crippen LogP contribution in [-0.4, -0.2) is 57.7 Å². The van der Waals surface area contributed by atoms with Crippen LogP contribution >= 0.6 is 11.6 Å². The van der Waals surface area contributed by atoms with Gasteiger partial charge in [-0.25, -0.2) is 22.0 Å². The first-order valence-corrected chi connectivity index (χ1v) is 17.1. The molecule has 0 aliphatic heterocycles. The number of para-hydroxylation sites is 1. The maximum Gasteiger partial charge on any atom is 0.407 e. The van der Waals surface area contributed by atoms with Crippen LogP contribution in [0.1, 0.15) is 58.4 Å². The van der Waals surface area contributed by atoms with Gasteiger partial charge in [-0.3, -0.25) is 9.10 Å². The SMILES string of the molecule is CN(CCCOc1ccccc1CN(c1cc(F)ccc1F)S(=O)(=O)c1ccc(Cl)cc1)C(=O)CCCCCNC(=O)OC(C)(C)C. The Hall–Kier alpha value is -3.90. The highest BCUT2D eigenvalue weighted by Gasteiger charge is 2.29. The van der Waals surface area contributed by atoms with Gasteiger partial charge < -0.3 is 19.7 Å². The Morgan fingerprint density at radius 2 is 1.64 bits per heavy atom. The standard InChI is InChI=1S/C34H42ClF2N3O6S/c1-34(2,3)46-33(42)38-20-9-5-6-13-32(41)39(4)21-10-22-45-31-12-8-7-11-25(31)24-40(30-23-27(36)16-19-29(30)37)47(43,44)28-17-14-26(35)15-18-28/h7-8,11-12,14-19,23H,5-6,9-10,13,20-22,24H2,1-4H3,(H,38,42). The summed E-state index contributed by atoms with van der Waals surface area (Å²) < 4.78 is 68.6. The Kier molecular flexibility index (Phi) is 13.8. The van der Waals surface area contributed by atoms with Gasteiger partial charge in [0.1, 0.15) is 23.0 Å². The molecule has 0 heterocycles. The van der Waals surface area contributed by atoms with Gasteiger partial charge in [0.15, 0.2) is 0 Å². The molecule has 0 radical (unpaired) electrons. The molecular weight excluding hydrogens is 652 g/mol. The quantitative estimate of drug-likeness (QED) is 0.158. The molecule has 3 rings (SSSR count). The maximum absolute atomic E-state index is 15.0. The van der Waals surface area contributed by atoms with Crippen LogP contribution in [0.5, 0.6) is 5.75 Å². The van der Waals surface area contributed by atoms with Gasteiger partial charge in [0.2, 0.25) is 5.91 Å². The number of nitrogens with zero attached hydrogens (tertiary/aromatic N) is 2. The van der Waals surface area contributed by atoms with E-state index >= 15 is 0 Å². The van der Waals surface area contributed by atoms with E-state index in [-0.39, 0.29) is 24.0 Å². The molecule has 0 spiro atoms. The third kappa shape index (κ3) is 12.0. The summed E-state index contributed by atoms with van der Waals surface area (Å²) >= 11 is 5.94. The molecule has 0 atom stereocenters. The normalized spacial score (nSPS) is 11.6. The molecule has 13 heteroatoms. The minimum atomic E-state index is -4.35. The summed E-state index contributed by atoms with van der Waals surface area (Å²) in [6, 6.07) is 14.7. The third-order valence-corrected chi connectivity index (χ3v) is 8.95. The largest absolute Gasteiger partial charge is 0.493 e. The molecule has 0 unspecified atom stereocenters. The van der Waals surface area contributed by atoms with Crippen molar-refractivity contribution in [1.29, 1.82) is 0 Å². The van der Waals surface area contributed by atoms with E-state index in [9.17, 15) is 26.8 Å². The molecule has 0 aliphatic carbocycles. The van der Waals surface area contributed by atoms with Gasteiger partial charge in [-0.15, -0.1) is 0 Å². The summed E-state index contributed by atoms with van der Waals surface area (Å²) in [5, 5.41) is 3.03. The van der Waals surface area contributed by atoms with Gasteiger partial charge in [-0.05, 0) is 82.5 Å².